The fraction of sp³-hybridized carbons (Fsp3) is 0.727. The summed E-state index contributed by atoms with van der Waals surface area (Å²) in [5.74, 6) is 1.14. The minimum Gasteiger partial charge on any atom is -0.335 e. The highest BCUT2D eigenvalue weighted by atomic mass is 15.1. The van der Waals surface area contributed by atoms with E-state index in [1.54, 1.807) is 0 Å². The van der Waals surface area contributed by atoms with Crippen LogP contribution in [0.3, 0.4) is 0 Å². The standard InChI is InChI=1S/C11H21N3/c1-11(2,3)9-8-13-10(14(9)4)6-5-7-12/h8H,5-7,12H2,1-4H3. The highest BCUT2D eigenvalue weighted by Gasteiger charge is 2.19. The van der Waals surface area contributed by atoms with E-state index in [0.29, 0.717) is 0 Å². The number of imidazole rings is 1. The number of rotatable bonds is 3. The summed E-state index contributed by atoms with van der Waals surface area (Å²) in [4.78, 5) is 4.43. The molecule has 0 saturated carbocycles. The summed E-state index contributed by atoms with van der Waals surface area (Å²) >= 11 is 0. The van der Waals surface area contributed by atoms with Crippen LogP contribution in [0.25, 0.3) is 0 Å². The van der Waals surface area contributed by atoms with Crippen molar-refractivity contribution >= 4 is 0 Å². The van der Waals surface area contributed by atoms with E-state index in [2.05, 4.69) is 37.4 Å². The molecule has 0 spiro atoms. The van der Waals surface area contributed by atoms with Gasteiger partial charge in [-0.3, -0.25) is 0 Å². The van der Waals surface area contributed by atoms with E-state index in [9.17, 15) is 0 Å². The number of aryl methyl sites for hydroxylation is 1. The maximum Gasteiger partial charge on any atom is 0.108 e. The lowest BCUT2D eigenvalue weighted by molar-refractivity contribution is 0.535. The van der Waals surface area contributed by atoms with Crippen molar-refractivity contribution < 1.29 is 0 Å². The predicted molar refractivity (Wildman–Crippen MR) is 59.3 cm³/mol. The van der Waals surface area contributed by atoms with E-state index in [1.807, 2.05) is 6.20 Å². The van der Waals surface area contributed by atoms with Gasteiger partial charge in [-0.05, 0) is 13.0 Å². The normalized spacial score (nSPS) is 12.1. The predicted octanol–water partition coefficient (Wildman–Crippen LogP) is 1.61. The van der Waals surface area contributed by atoms with Gasteiger partial charge in [0.2, 0.25) is 0 Å². The zero-order chi connectivity index (χ0) is 10.8. The molecule has 1 heterocycles. The molecule has 0 saturated heterocycles. The van der Waals surface area contributed by atoms with Gasteiger partial charge in [-0.25, -0.2) is 4.98 Å². The number of aromatic nitrogens is 2. The van der Waals surface area contributed by atoms with E-state index in [0.717, 1.165) is 25.2 Å². The third-order valence-corrected chi connectivity index (χ3v) is 2.46. The Bertz CT molecular complexity index is 294. The summed E-state index contributed by atoms with van der Waals surface area (Å²) in [7, 11) is 2.08. The van der Waals surface area contributed by atoms with E-state index < -0.39 is 0 Å². The molecule has 0 amide bonds. The second-order valence-corrected chi connectivity index (χ2v) is 4.76. The van der Waals surface area contributed by atoms with Crippen molar-refractivity contribution in [2.45, 2.75) is 39.0 Å². The Morgan fingerprint density at radius 3 is 2.50 bits per heavy atom. The number of hydrogen-bond donors (Lipinski definition) is 1. The van der Waals surface area contributed by atoms with Gasteiger partial charge in [-0.15, -0.1) is 0 Å². The smallest absolute Gasteiger partial charge is 0.108 e. The fourth-order valence-corrected chi connectivity index (χ4v) is 1.64. The number of nitrogens with zero attached hydrogens (tertiary/aromatic N) is 2. The summed E-state index contributed by atoms with van der Waals surface area (Å²) in [6.07, 6.45) is 3.96. The van der Waals surface area contributed by atoms with Gasteiger partial charge in [-0.2, -0.15) is 0 Å². The molecule has 0 aliphatic carbocycles. The average Bonchev–Trinajstić information content (AvgIpc) is 2.42. The second kappa shape index (κ2) is 4.13. The zero-order valence-electron chi connectivity index (χ0n) is 9.67. The average molecular weight is 195 g/mol. The molecule has 0 aliphatic rings. The first kappa shape index (κ1) is 11.2. The van der Waals surface area contributed by atoms with Crippen LogP contribution in [0.1, 0.15) is 38.7 Å². The van der Waals surface area contributed by atoms with E-state index in [1.165, 1.54) is 5.69 Å². The lowest BCUT2D eigenvalue weighted by Crippen LogP contribution is -2.17. The van der Waals surface area contributed by atoms with E-state index in [-0.39, 0.29) is 5.41 Å². The molecule has 14 heavy (non-hydrogen) atoms. The number of hydrogen-bond acceptors (Lipinski definition) is 2. The Labute approximate surface area is 86.3 Å². The quantitative estimate of drug-likeness (QED) is 0.796. The summed E-state index contributed by atoms with van der Waals surface area (Å²) in [5.41, 5.74) is 6.93. The third kappa shape index (κ3) is 2.35. The maximum atomic E-state index is 5.48. The Kier molecular flexibility index (Phi) is 3.32. The highest BCUT2D eigenvalue weighted by Crippen LogP contribution is 2.22. The molecule has 0 bridgehead atoms. The van der Waals surface area contributed by atoms with Gasteiger partial charge in [0.15, 0.2) is 0 Å². The van der Waals surface area contributed by atoms with Crippen molar-refractivity contribution in [3.8, 4) is 0 Å². The van der Waals surface area contributed by atoms with Crippen LogP contribution in [0.15, 0.2) is 6.20 Å². The van der Waals surface area contributed by atoms with Crippen LogP contribution in [0, 0.1) is 0 Å². The van der Waals surface area contributed by atoms with Crippen molar-refractivity contribution in [3.05, 3.63) is 17.7 Å². The molecule has 2 N–H and O–H groups in total. The molecule has 1 rings (SSSR count). The summed E-state index contributed by atoms with van der Waals surface area (Å²) in [6.45, 7) is 7.35. The Morgan fingerprint density at radius 1 is 1.43 bits per heavy atom. The van der Waals surface area contributed by atoms with Gasteiger partial charge >= 0.3 is 0 Å². The highest BCUT2D eigenvalue weighted by molar-refractivity contribution is 5.14. The van der Waals surface area contributed by atoms with Gasteiger partial charge in [0, 0.05) is 30.8 Å². The fourth-order valence-electron chi connectivity index (χ4n) is 1.64. The molecule has 0 fully saturated rings. The van der Waals surface area contributed by atoms with E-state index in [4.69, 9.17) is 5.73 Å². The van der Waals surface area contributed by atoms with Gasteiger partial charge in [0.1, 0.15) is 5.82 Å². The summed E-state index contributed by atoms with van der Waals surface area (Å²) in [6, 6.07) is 0. The minimum atomic E-state index is 0.169. The van der Waals surface area contributed by atoms with Crippen molar-refractivity contribution in [2.24, 2.45) is 12.8 Å². The second-order valence-electron chi connectivity index (χ2n) is 4.76. The first-order chi connectivity index (χ1) is 6.46. The lowest BCUT2D eigenvalue weighted by atomic mass is 9.93. The van der Waals surface area contributed by atoms with Crippen molar-refractivity contribution in [3.63, 3.8) is 0 Å². The third-order valence-electron chi connectivity index (χ3n) is 2.46. The van der Waals surface area contributed by atoms with Gasteiger partial charge in [0.25, 0.3) is 0 Å². The molecule has 0 atom stereocenters. The molecule has 1 aromatic heterocycles. The molecule has 80 valence electrons. The van der Waals surface area contributed by atoms with Crippen LogP contribution in [0.4, 0.5) is 0 Å². The molecule has 0 aromatic carbocycles. The maximum absolute atomic E-state index is 5.48. The van der Waals surface area contributed by atoms with Gasteiger partial charge in [0.05, 0.1) is 0 Å². The van der Waals surface area contributed by atoms with Crippen LogP contribution in [-0.4, -0.2) is 16.1 Å². The Morgan fingerprint density at radius 2 is 2.07 bits per heavy atom. The topological polar surface area (TPSA) is 43.8 Å². The molecule has 0 unspecified atom stereocenters. The summed E-state index contributed by atoms with van der Waals surface area (Å²) in [5, 5.41) is 0. The monoisotopic (exact) mass is 195 g/mol. The molecule has 3 heteroatoms. The number of nitrogens with two attached hydrogens (primary N) is 1. The first-order valence-corrected chi connectivity index (χ1v) is 5.18. The Balaban J connectivity index is 2.86. The molecule has 3 nitrogen and oxygen atoms in total. The van der Waals surface area contributed by atoms with Crippen LogP contribution in [0.5, 0.6) is 0 Å². The molecular weight excluding hydrogens is 174 g/mol. The van der Waals surface area contributed by atoms with Gasteiger partial charge in [-0.1, -0.05) is 20.8 Å². The molecular formula is C11H21N3. The Hall–Kier alpha value is -0.830. The molecule has 0 aliphatic heterocycles. The lowest BCUT2D eigenvalue weighted by Gasteiger charge is -2.19. The largest absolute Gasteiger partial charge is 0.335 e. The summed E-state index contributed by atoms with van der Waals surface area (Å²) < 4.78 is 2.19. The first-order valence-electron chi connectivity index (χ1n) is 5.18. The van der Waals surface area contributed by atoms with Gasteiger partial charge < -0.3 is 10.3 Å². The van der Waals surface area contributed by atoms with E-state index >= 15 is 0 Å². The minimum absolute atomic E-state index is 0.169. The SMILES string of the molecule is Cn1c(C(C)(C)C)cnc1CCCN. The van der Waals surface area contributed by atoms with Crippen LogP contribution in [-0.2, 0) is 18.9 Å². The van der Waals surface area contributed by atoms with Crippen LogP contribution >= 0.6 is 0 Å². The molecule has 0 radical (unpaired) electrons. The molecule has 1 aromatic rings. The zero-order valence-corrected chi connectivity index (χ0v) is 9.67. The van der Waals surface area contributed by atoms with Crippen LogP contribution < -0.4 is 5.73 Å². The van der Waals surface area contributed by atoms with Crippen molar-refractivity contribution in [1.29, 1.82) is 0 Å². The van der Waals surface area contributed by atoms with Crippen molar-refractivity contribution in [2.75, 3.05) is 6.54 Å². The van der Waals surface area contributed by atoms with Crippen LogP contribution in [0.2, 0.25) is 0 Å². The van der Waals surface area contributed by atoms with Crippen molar-refractivity contribution in [1.82, 2.24) is 9.55 Å².